The number of carbonyl (C=O) groups is 1. The van der Waals surface area contributed by atoms with E-state index in [0.717, 1.165) is 5.56 Å². The molecule has 1 aliphatic rings. The van der Waals surface area contributed by atoms with Gasteiger partial charge in [0.05, 0.1) is 21.8 Å². The molecule has 33 heavy (non-hydrogen) atoms. The molecule has 0 saturated carbocycles. The molecule has 2 heterocycles. The van der Waals surface area contributed by atoms with Gasteiger partial charge in [-0.15, -0.1) is 0 Å². The van der Waals surface area contributed by atoms with Crippen molar-refractivity contribution in [2.45, 2.75) is 26.8 Å². The zero-order valence-electron chi connectivity index (χ0n) is 18.6. The Kier molecular flexibility index (Phi) is 6.54. The van der Waals surface area contributed by atoms with Gasteiger partial charge in [0, 0.05) is 23.7 Å². The fourth-order valence-corrected chi connectivity index (χ4v) is 5.15. The van der Waals surface area contributed by atoms with Gasteiger partial charge in [-0.2, -0.15) is 0 Å². The Morgan fingerprint density at radius 2 is 1.85 bits per heavy atom. The Morgan fingerprint density at radius 1 is 1.18 bits per heavy atom. The van der Waals surface area contributed by atoms with Crippen molar-refractivity contribution in [3.63, 3.8) is 0 Å². The summed E-state index contributed by atoms with van der Waals surface area (Å²) in [5, 5.41) is 10.7. The second-order valence-electron chi connectivity index (χ2n) is 7.67. The zero-order chi connectivity index (χ0) is 23.7. The monoisotopic (exact) mass is 481 g/mol. The molecule has 6 nitrogen and oxygen atoms in total. The van der Waals surface area contributed by atoms with Crippen molar-refractivity contribution in [3.8, 4) is 5.75 Å². The van der Waals surface area contributed by atoms with E-state index < -0.39 is 6.04 Å². The summed E-state index contributed by atoms with van der Waals surface area (Å²) in [5.74, 6) is -0.0534. The molecular weight excluding hydrogens is 458 g/mol. The molecule has 0 bridgehead atoms. The number of aromatic hydroxyl groups is 1. The second-order valence-corrected chi connectivity index (χ2v) is 9.12. The van der Waals surface area contributed by atoms with Crippen LogP contribution in [0.4, 0.5) is 0 Å². The maximum Gasteiger partial charge on any atom is 0.271 e. The molecular formula is C25H24ClN3O3S. The van der Waals surface area contributed by atoms with Gasteiger partial charge in [-0.1, -0.05) is 53.3 Å². The van der Waals surface area contributed by atoms with Crippen LogP contribution in [0.25, 0.3) is 6.08 Å². The van der Waals surface area contributed by atoms with Gasteiger partial charge < -0.3 is 10.0 Å². The Morgan fingerprint density at radius 3 is 2.48 bits per heavy atom. The number of benzene rings is 2. The van der Waals surface area contributed by atoms with E-state index in [4.69, 9.17) is 11.6 Å². The van der Waals surface area contributed by atoms with E-state index in [1.54, 1.807) is 58.9 Å². The lowest BCUT2D eigenvalue weighted by atomic mass is 9.94. The summed E-state index contributed by atoms with van der Waals surface area (Å²) >= 11 is 7.35. The molecule has 170 valence electrons. The summed E-state index contributed by atoms with van der Waals surface area (Å²) in [6.45, 7) is 6.76. The van der Waals surface area contributed by atoms with Crippen molar-refractivity contribution in [2.75, 3.05) is 13.1 Å². The molecule has 1 amide bonds. The number of fused-ring (bicyclic) bond motifs is 1. The van der Waals surface area contributed by atoms with E-state index in [9.17, 15) is 14.7 Å². The van der Waals surface area contributed by atoms with Gasteiger partial charge in [0.15, 0.2) is 4.80 Å². The number of aromatic nitrogens is 1. The molecule has 2 aromatic carbocycles. The number of likely N-dealkylation sites (N-methyl/N-ethyl adjacent to an activating group) is 1. The lowest BCUT2D eigenvalue weighted by Gasteiger charge is -2.29. The van der Waals surface area contributed by atoms with Crippen molar-refractivity contribution < 1.29 is 9.90 Å². The van der Waals surface area contributed by atoms with Gasteiger partial charge in [0.1, 0.15) is 5.75 Å². The topological polar surface area (TPSA) is 74.9 Å². The Hall–Kier alpha value is -3.16. The van der Waals surface area contributed by atoms with Crippen LogP contribution >= 0.6 is 22.9 Å². The molecule has 0 radical (unpaired) electrons. The van der Waals surface area contributed by atoms with Crippen LogP contribution in [0.2, 0.25) is 5.02 Å². The average molecular weight is 482 g/mol. The number of phenolic OH excluding ortho intramolecular Hbond substituents is 1. The average Bonchev–Trinajstić information content (AvgIpc) is 3.10. The molecule has 1 aromatic heterocycles. The highest BCUT2D eigenvalue weighted by molar-refractivity contribution is 7.07. The first-order chi connectivity index (χ1) is 15.8. The number of hydrogen-bond donors (Lipinski definition) is 1. The molecule has 0 aliphatic carbocycles. The number of nitrogens with zero attached hydrogens (tertiary/aromatic N) is 3. The highest BCUT2D eigenvalue weighted by Gasteiger charge is 2.34. The first-order valence-corrected chi connectivity index (χ1v) is 11.9. The molecule has 8 heteroatoms. The smallest absolute Gasteiger partial charge is 0.271 e. The summed E-state index contributed by atoms with van der Waals surface area (Å²) in [7, 11) is 0. The number of hydrogen-bond acceptors (Lipinski definition) is 5. The first kappa shape index (κ1) is 23.0. The van der Waals surface area contributed by atoms with Crippen molar-refractivity contribution in [2.24, 2.45) is 4.99 Å². The molecule has 0 fully saturated rings. The van der Waals surface area contributed by atoms with Crippen molar-refractivity contribution in [1.29, 1.82) is 0 Å². The van der Waals surface area contributed by atoms with Crippen molar-refractivity contribution >= 4 is 34.9 Å². The summed E-state index contributed by atoms with van der Waals surface area (Å²) in [4.78, 5) is 34.0. The van der Waals surface area contributed by atoms with Crippen molar-refractivity contribution in [3.05, 3.63) is 95.6 Å². The van der Waals surface area contributed by atoms with E-state index in [1.165, 1.54) is 11.3 Å². The van der Waals surface area contributed by atoms with Crippen LogP contribution in [0.1, 0.15) is 37.9 Å². The lowest BCUT2D eigenvalue weighted by Crippen LogP contribution is -2.43. The number of halogens is 1. The standard InChI is InChI=1S/C25H24ClN3O3S/c1-4-28(5-2)24(32)21-15(3)27-25-29(22(21)16-10-12-18(26)13-11-16)23(31)20(33-25)14-17-8-6-7-9-19(17)30/h6-14,22,30H,4-5H2,1-3H3/b20-14+/t22-/m1/s1. The lowest BCUT2D eigenvalue weighted by molar-refractivity contribution is -0.127. The van der Waals surface area contributed by atoms with Crippen LogP contribution in [0, 0.1) is 0 Å². The molecule has 0 spiro atoms. The van der Waals surface area contributed by atoms with E-state index in [-0.39, 0.29) is 17.2 Å². The Labute approximate surface area is 200 Å². The molecule has 3 aromatic rings. The summed E-state index contributed by atoms with van der Waals surface area (Å²) in [6.07, 6.45) is 1.66. The van der Waals surface area contributed by atoms with Gasteiger partial charge >= 0.3 is 0 Å². The van der Waals surface area contributed by atoms with Crippen LogP contribution in [-0.4, -0.2) is 33.6 Å². The third-order valence-electron chi connectivity index (χ3n) is 5.71. The Balaban J connectivity index is 1.98. The molecule has 4 rings (SSSR count). The van der Waals surface area contributed by atoms with Crippen LogP contribution in [-0.2, 0) is 4.79 Å². The molecule has 1 N–H and O–H groups in total. The minimum atomic E-state index is -0.627. The van der Waals surface area contributed by atoms with Crippen LogP contribution < -0.4 is 14.9 Å². The zero-order valence-corrected chi connectivity index (χ0v) is 20.2. The van der Waals surface area contributed by atoms with Gasteiger partial charge in [-0.25, -0.2) is 4.99 Å². The van der Waals surface area contributed by atoms with E-state index in [2.05, 4.69) is 4.99 Å². The molecule has 0 unspecified atom stereocenters. The summed E-state index contributed by atoms with van der Waals surface area (Å²) in [6, 6.07) is 13.4. The fourth-order valence-electron chi connectivity index (χ4n) is 3.99. The summed E-state index contributed by atoms with van der Waals surface area (Å²) < 4.78 is 2.00. The number of allylic oxidation sites excluding steroid dienone is 1. The molecule has 0 saturated heterocycles. The highest BCUT2D eigenvalue weighted by Crippen LogP contribution is 2.31. The largest absolute Gasteiger partial charge is 0.507 e. The van der Waals surface area contributed by atoms with Crippen LogP contribution in [0.5, 0.6) is 5.75 Å². The van der Waals surface area contributed by atoms with E-state index in [1.807, 2.05) is 26.0 Å². The van der Waals surface area contributed by atoms with Gasteiger partial charge in [-0.3, -0.25) is 14.2 Å². The predicted molar refractivity (Wildman–Crippen MR) is 131 cm³/mol. The molecule has 1 aliphatic heterocycles. The van der Waals surface area contributed by atoms with Crippen LogP contribution in [0.15, 0.2) is 69.6 Å². The number of carbonyl (C=O) groups excluding carboxylic acids is 1. The van der Waals surface area contributed by atoms with Crippen molar-refractivity contribution in [1.82, 2.24) is 9.47 Å². The third-order valence-corrected chi connectivity index (χ3v) is 6.95. The van der Waals surface area contributed by atoms with Gasteiger partial charge in [-0.05, 0) is 50.6 Å². The third kappa shape index (κ3) is 4.26. The SMILES string of the molecule is CCN(CC)C(=O)C1=C(C)N=c2s/c(=C/c3ccccc3O)c(=O)n2[C@@H]1c1ccc(Cl)cc1. The number of rotatable bonds is 5. The maximum atomic E-state index is 13.6. The maximum absolute atomic E-state index is 13.6. The van der Waals surface area contributed by atoms with Gasteiger partial charge in [0.2, 0.25) is 0 Å². The normalized spacial score (nSPS) is 15.9. The minimum Gasteiger partial charge on any atom is -0.507 e. The van der Waals surface area contributed by atoms with Crippen LogP contribution in [0.3, 0.4) is 0 Å². The number of amides is 1. The molecule has 1 atom stereocenters. The number of thiazole rings is 1. The highest BCUT2D eigenvalue weighted by atomic mass is 35.5. The fraction of sp³-hybridized carbons (Fsp3) is 0.240. The first-order valence-electron chi connectivity index (χ1n) is 10.7. The van der Waals surface area contributed by atoms with Gasteiger partial charge in [0.25, 0.3) is 11.5 Å². The Bertz CT molecular complexity index is 1420. The van der Waals surface area contributed by atoms with E-state index in [0.29, 0.717) is 44.3 Å². The summed E-state index contributed by atoms with van der Waals surface area (Å²) in [5.41, 5.74) is 2.12. The quantitative estimate of drug-likeness (QED) is 0.606. The second kappa shape index (κ2) is 9.37. The predicted octanol–water partition coefficient (Wildman–Crippen LogP) is 3.46. The minimum absolute atomic E-state index is 0.0890. The number of phenols is 1. The number of para-hydroxylation sites is 1. The van der Waals surface area contributed by atoms with E-state index >= 15 is 0 Å².